The van der Waals surface area contributed by atoms with Gasteiger partial charge in [-0.05, 0) is 24.8 Å². The molecule has 1 N–H and O–H groups in total. The molecule has 104 valence electrons. The number of aliphatic carboxylic acids is 1. The van der Waals surface area contributed by atoms with Gasteiger partial charge in [-0.1, -0.05) is 32.0 Å². The van der Waals surface area contributed by atoms with E-state index in [4.69, 9.17) is 4.74 Å². The van der Waals surface area contributed by atoms with E-state index in [1.165, 1.54) is 6.92 Å². The summed E-state index contributed by atoms with van der Waals surface area (Å²) < 4.78 is 5.08. The van der Waals surface area contributed by atoms with Gasteiger partial charge in [-0.25, -0.2) is 0 Å². The van der Waals surface area contributed by atoms with Crippen LogP contribution in [0.1, 0.15) is 45.1 Å². The fourth-order valence-electron chi connectivity index (χ4n) is 1.93. The highest BCUT2D eigenvalue weighted by Crippen LogP contribution is 2.31. The van der Waals surface area contributed by atoms with E-state index in [1.807, 2.05) is 0 Å². The number of para-hydroxylation sites is 1. The normalized spacial score (nSPS) is 12.2. The Kier molecular flexibility index (Phi) is 5.55. The topological polar surface area (TPSA) is 63.6 Å². The van der Waals surface area contributed by atoms with Crippen LogP contribution >= 0.6 is 0 Å². The van der Waals surface area contributed by atoms with Crippen molar-refractivity contribution >= 4 is 11.9 Å². The van der Waals surface area contributed by atoms with Crippen molar-refractivity contribution in [1.82, 2.24) is 0 Å². The summed E-state index contributed by atoms with van der Waals surface area (Å²) in [4.78, 5) is 22.5. The fraction of sp³-hybridized carbons (Fsp3) is 0.467. The first-order chi connectivity index (χ1) is 8.91. The second-order valence-corrected chi connectivity index (χ2v) is 4.99. The van der Waals surface area contributed by atoms with E-state index in [9.17, 15) is 14.7 Å². The average molecular weight is 264 g/mol. The average Bonchev–Trinajstić information content (AvgIpc) is 2.29. The van der Waals surface area contributed by atoms with Crippen LogP contribution in [0, 0.1) is 5.92 Å². The summed E-state index contributed by atoms with van der Waals surface area (Å²) in [5.74, 6) is -1.20. The molecule has 0 fully saturated rings. The second-order valence-electron chi connectivity index (χ2n) is 4.99. The van der Waals surface area contributed by atoms with Crippen LogP contribution in [0.5, 0.6) is 5.75 Å². The largest absolute Gasteiger partial charge is 0.481 e. The van der Waals surface area contributed by atoms with E-state index >= 15 is 0 Å². The van der Waals surface area contributed by atoms with Crippen molar-refractivity contribution in [2.45, 2.75) is 39.5 Å². The third kappa shape index (κ3) is 4.73. The maximum Gasteiger partial charge on any atom is 0.311 e. The first-order valence-corrected chi connectivity index (χ1v) is 6.42. The van der Waals surface area contributed by atoms with Crippen LogP contribution in [-0.4, -0.2) is 17.0 Å². The Morgan fingerprint density at radius 1 is 1.21 bits per heavy atom. The summed E-state index contributed by atoms with van der Waals surface area (Å²) in [5, 5.41) is 9.36. The minimum absolute atomic E-state index is 0.339. The van der Waals surface area contributed by atoms with E-state index in [0.29, 0.717) is 23.7 Å². The standard InChI is InChI=1S/C15H20O4/c1-10(2)8-9-13(15(17)18)12-6-4-5-7-14(12)19-11(3)16/h4-7,10,13H,8-9H2,1-3H3,(H,17,18). The molecule has 0 aromatic heterocycles. The third-order valence-corrected chi connectivity index (χ3v) is 2.88. The molecule has 1 atom stereocenters. The Morgan fingerprint density at radius 3 is 2.37 bits per heavy atom. The molecule has 0 aliphatic carbocycles. The predicted molar refractivity (Wildman–Crippen MR) is 72.2 cm³/mol. The van der Waals surface area contributed by atoms with Gasteiger partial charge in [0.05, 0.1) is 5.92 Å². The molecule has 0 heterocycles. The van der Waals surface area contributed by atoms with Crippen molar-refractivity contribution in [1.29, 1.82) is 0 Å². The van der Waals surface area contributed by atoms with Gasteiger partial charge in [0, 0.05) is 12.5 Å². The summed E-state index contributed by atoms with van der Waals surface area (Å²) in [6, 6.07) is 6.82. The van der Waals surface area contributed by atoms with Crippen molar-refractivity contribution in [3.63, 3.8) is 0 Å². The van der Waals surface area contributed by atoms with E-state index < -0.39 is 17.9 Å². The zero-order chi connectivity index (χ0) is 14.4. The number of esters is 1. The Labute approximate surface area is 113 Å². The maximum absolute atomic E-state index is 11.4. The Bertz CT molecular complexity index is 451. The summed E-state index contributed by atoms with van der Waals surface area (Å²) in [5.41, 5.74) is 0.561. The van der Waals surface area contributed by atoms with Crippen molar-refractivity contribution < 1.29 is 19.4 Å². The number of carbonyl (C=O) groups is 2. The van der Waals surface area contributed by atoms with E-state index in [0.717, 1.165) is 6.42 Å². The molecular formula is C15H20O4. The number of benzene rings is 1. The molecule has 19 heavy (non-hydrogen) atoms. The molecule has 0 radical (unpaired) electrons. The van der Waals surface area contributed by atoms with Crippen molar-refractivity contribution in [3.8, 4) is 5.75 Å². The van der Waals surface area contributed by atoms with Crippen LogP contribution in [-0.2, 0) is 9.59 Å². The molecule has 0 bridgehead atoms. The van der Waals surface area contributed by atoms with Gasteiger partial charge in [0.1, 0.15) is 5.75 Å². The van der Waals surface area contributed by atoms with Gasteiger partial charge in [-0.15, -0.1) is 0 Å². The Morgan fingerprint density at radius 2 is 1.84 bits per heavy atom. The lowest BCUT2D eigenvalue weighted by Crippen LogP contribution is -2.15. The minimum Gasteiger partial charge on any atom is -0.481 e. The maximum atomic E-state index is 11.4. The molecule has 4 heteroatoms. The lowest BCUT2D eigenvalue weighted by molar-refractivity contribution is -0.139. The first-order valence-electron chi connectivity index (χ1n) is 6.42. The van der Waals surface area contributed by atoms with Gasteiger partial charge in [0.25, 0.3) is 0 Å². The summed E-state index contributed by atoms with van der Waals surface area (Å²) >= 11 is 0. The number of hydrogen-bond donors (Lipinski definition) is 1. The highest BCUT2D eigenvalue weighted by molar-refractivity contribution is 5.78. The van der Waals surface area contributed by atoms with Crippen LogP contribution in [0.25, 0.3) is 0 Å². The third-order valence-electron chi connectivity index (χ3n) is 2.88. The predicted octanol–water partition coefficient (Wildman–Crippen LogP) is 3.22. The van der Waals surface area contributed by atoms with Gasteiger partial charge in [0.2, 0.25) is 0 Å². The molecule has 0 saturated heterocycles. The fourth-order valence-corrected chi connectivity index (χ4v) is 1.93. The zero-order valence-electron chi connectivity index (χ0n) is 11.6. The van der Waals surface area contributed by atoms with Crippen LogP contribution in [0.15, 0.2) is 24.3 Å². The Balaban J connectivity index is 3.01. The molecule has 0 saturated carbocycles. The van der Waals surface area contributed by atoms with Crippen LogP contribution < -0.4 is 4.74 Å². The molecule has 0 spiro atoms. The van der Waals surface area contributed by atoms with Gasteiger partial charge >= 0.3 is 11.9 Å². The van der Waals surface area contributed by atoms with Crippen molar-refractivity contribution in [3.05, 3.63) is 29.8 Å². The SMILES string of the molecule is CC(=O)Oc1ccccc1C(CCC(C)C)C(=O)O. The van der Waals surface area contributed by atoms with Gasteiger partial charge < -0.3 is 9.84 Å². The van der Waals surface area contributed by atoms with Gasteiger partial charge in [0.15, 0.2) is 0 Å². The molecule has 1 aromatic rings. The summed E-state index contributed by atoms with van der Waals surface area (Å²) in [6.07, 6.45) is 1.34. The number of carbonyl (C=O) groups excluding carboxylic acids is 1. The van der Waals surface area contributed by atoms with E-state index in [-0.39, 0.29) is 0 Å². The van der Waals surface area contributed by atoms with Gasteiger partial charge in [-0.2, -0.15) is 0 Å². The number of hydrogen-bond acceptors (Lipinski definition) is 3. The Hall–Kier alpha value is -1.84. The van der Waals surface area contributed by atoms with E-state index in [1.54, 1.807) is 24.3 Å². The molecule has 1 aromatic carbocycles. The molecule has 0 aliphatic heterocycles. The summed E-state index contributed by atoms with van der Waals surface area (Å²) in [6.45, 7) is 5.41. The van der Waals surface area contributed by atoms with Crippen LogP contribution in [0.3, 0.4) is 0 Å². The zero-order valence-corrected chi connectivity index (χ0v) is 11.6. The molecule has 0 aliphatic rings. The molecule has 1 unspecified atom stereocenters. The monoisotopic (exact) mass is 264 g/mol. The lowest BCUT2D eigenvalue weighted by Gasteiger charge is -2.17. The molecule has 4 nitrogen and oxygen atoms in total. The number of carboxylic acids is 1. The van der Waals surface area contributed by atoms with E-state index in [2.05, 4.69) is 13.8 Å². The summed E-state index contributed by atoms with van der Waals surface area (Å²) in [7, 11) is 0. The highest BCUT2D eigenvalue weighted by atomic mass is 16.5. The van der Waals surface area contributed by atoms with Gasteiger partial charge in [-0.3, -0.25) is 9.59 Å². The molecule has 0 amide bonds. The molecular weight excluding hydrogens is 244 g/mol. The number of rotatable bonds is 6. The smallest absolute Gasteiger partial charge is 0.311 e. The molecule has 1 rings (SSSR count). The van der Waals surface area contributed by atoms with Crippen molar-refractivity contribution in [2.75, 3.05) is 0 Å². The van der Waals surface area contributed by atoms with Crippen molar-refractivity contribution in [2.24, 2.45) is 5.92 Å². The minimum atomic E-state index is -0.889. The quantitative estimate of drug-likeness (QED) is 0.633. The second kappa shape index (κ2) is 6.92. The number of ether oxygens (including phenoxy) is 1. The van der Waals surface area contributed by atoms with Crippen LogP contribution in [0.2, 0.25) is 0 Å². The lowest BCUT2D eigenvalue weighted by atomic mass is 9.91. The number of carboxylic acid groups (broad SMARTS) is 1. The highest BCUT2D eigenvalue weighted by Gasteiger charge is 2.23. The first kappa shape index (κ1) is 15.2. The van der Waals surface area contributed by atoms with Crippen LogP contribution in [0.4, 0.5) is 0 Å².